The first-order valence-corrected chi connectivity index (χ1v) is 13.6. The van der Waals surface area contributed by atoms with Gasteiger partial charge < -0.3 is 10.6 Å². The number of carbonyl (C=O) groups excluding carboxylic acids is 1. The Balaban J connectivity index is 1.90. The molecule has 2 atom stereocenters. The van der Waals surface area contributed by atoms with E-state index >= 15 is 0 Å². The lowest BCUT2D eigenvalue weighted by Crippen LogP contribution is -2.44. The van der Waals surface area contributed by atoms with Gasteiger partial charge in [-0.05, 0) is 47.7 Å². The van der Waals surface area contributed by atoms with Crippen LogP contribution in [-0.2, 0) is 6.54 Å². The lowest BCUT2D eigenvalue weighted by atomic mass is 9.84. The van der Waals surface area contributed by atoms with Crippen LogP contribution < -0.4 is 5.73 Å². The molecule has 0 saturated heterocycles. The van der Waals surface area contributed by atoms with Crippen LogP contribution in [0.3, 0.4) is 0 Å². The van der Waals surface area contributed by atoms with E-state index < -0.39 is 30.0 Å². The zero-order valence-corrected chi connectivity index (χ0v) is 23.7. The average molecular weight is 566 g/mol. The van der Waals surface area contributed by atoms with Gasteiger partial charge >= 0.3 is 0 Å². The third-order valence-electron chi connectivity index (χ3n) is 6.64. The second kappa shape index (κ2) is 12.7. The molecule has 0 aliphatic carbocycles. The van der Waals surface area contributed by atoms with Gasteiger partial charge in [-0.1, -0.05) is 80.9 Å². The van der Waals surface area contributed by atoms with Crippen LogP contribution in [0.1, 0.15) is 55.0 Å². The molecule has 6 nitrogen and oxygen atoms in total. The smallest absolute Gasteiger partial charge is 0.254 e. The van der Waals surface area contributed by atoms with E-state index in [2.05, 4.69) is 0 Å². The lowest BCUT2D eigenvalue weighted by Gasteiger charge is -2.40. The van der Waals surface area contributed by atoms with Crippen molar-refractivity contribution in [3.63, 3.8) is 0 Å². The van der Waals surface area contributed by atoms with Gasteiger partial charge in [0.1, 0.15) is 12.5 Å². The van der Waals surface area contributed by atoms with E-state index in [1.54, 1.807) is 33.8 Å². The summed E-state index contributed by atoms with van der Waals surface area (Å²) in [5.74, 6) is -0.112. The maximum Gasteiger partial charge on any atom is 0.254 e. The number of alkyl halides is 1. The molecule has 4 aromatic rings. The van der Waals surface area contributed by atoms with Crippen LogP contribution in [-0.4, -0.2) is 44.8 Å². The predicted molar refractivity (Wildman–Crippen MR) is 154 cm³/mol. The highest BCUT2D eigenvalue weighted by atomic mass is 35.5. The molecule has 0 radical (unpaired) electrons. The zero-order chi connectivity index (χ0) is 28.9. The highest BCUT2D eigenvalue weighted by molar-refractivity contribution is 6.30. The Hall–Kier alpha value is -3.62. The summed E-state index contributed by atoms with van der Waals surface area (Å²) in [4.78, 5) is 20.5. The van der Waals surface area contributed by atoms with E-state index in [0.717, 1.165) is 5.56 Å². The molecule has 1 amide bonds. The fraction of sp³-hybridized carbons (Fsp3) is 0.323. The molecule has 2 N–H and O–H groups in total. The maximum atomic E-state index is 15.0. The molecule has 0 saturated carbocycles. The summed E-state index contributed by atoms with van der Waals surface area (Å²) in [5, 5.41) is 5.07. The summed E-state index contributed by atoms with van der Waals surface area (Å²) in [6.45, 7) is 5.84. The maximum absolute atomic E-state index is 15.0. The second-order valence-electron chi connectivity index (χ2n) is 10.9. The van der Waals surface area contributed by atoms with Gasteiger partial charge in [0.2, 0.25) is 0 Å². The summed E-state index contributed by atoms with van der Waals surface area (Å²) in [7, 11) is 0. The predicted octanol–water partition coefficient (Wildman–Crippen LogP) is 6.70. The quantitative estimate of drug-likeness (QED) is 0.232. The van der Waals surface area contributed by atoms with E-state index in [0.29, 0.717) is 23.0 Å². The van der Waals surface area contributed by atoms with Crippen molar-refractivity contribution < 1.29 is 13.6 Å². The number of hydrogen-bond acceptors (Lipinski definition) is 4. The van der Waals surface area contributed by atoms with Crippen LogP contribution in [0.5, 0.6) is 0 Å². The van der Waals surface area contributed by atoms with Crippen LogP contribution in [0.15, 0.2) is 78.9 Å². The summed E-state index contributed by atoms with van der Waals surface area (Å²) in [6, 6.07) is 21.5. The number of carbonyl (C=O) groups is 1. The van der Waals surface area contributed by atoms with Crippen molar-refractivity contribution in [1.82, 2.24) is 19.7 Å². The lowest BCUT2D eigenvalue weighted by molar-refractivity contribution is 0.0469. The second-order valence-corrected chi connectivity index (χ2v) is 11.3. The van der Waals surface area contributed by atoms with Crippen LogP contribution in [0, 0.1) is 11.2 Å². The minimum absolute atomic E-state index is 0.160. The van der Waals surface area contributed by atoms with Crippen LogP contribution in [0.25, 0.3) is 11.4 Å². The Kier molecular flexibility index (Phi) is 9.32. The molecule has 1 heterocycles. The molecular weight excluding hydrogens is 532 g/mol. The summed E-state index contributed by atoms with van der Waals surface area (Å²) in [5.41, 5.74) is 7.01. The Labute approximate surface area is 238 Å². The van der Waals surface area contributed by atoms with Gasteiger partial charge in [0.15, 0.2) is 11.6 Å². The molecule has 0 fully saturated rings. The molecule has 0 spiro atoms. The molecule has 9 heteroatoms. The summed E-state index contributed by atoms with van der Waals surface area (Å²) < 4.78 is 30.0. The van der Waals surface area contributed by atoms with Crippen molar-refractivity contribution in [2.24, 2.45) is 11.1 Å². The van der Waals surface area contributed by atoms with E-state index in [1.807, 2.05) is 57.2 Å². The number of benzene rings is 3. The number of rotatable bonds is 10. The minimum atomic E-state index is -0.718. The Bertz CT molecular complexity index is 1420. The van der Waals surface area contributed by atoms with Gasteiger partial charge in [-0.2, -0.15) is 5.10 Å². The minimum Gasteiger partial charge on any atom is -0.328 e. The fourth-order valence-electron chi connectivity index (χ4n) is 4.68. The van der Waals surface area contributed by atoms with Gasteiger partial charge in [-0.15, -0.1) is 0 Å². The monoisotopic (exact) mass is 565 g/mol. The van der Waals surface area contributed by atoms with Crippen molar-refractivity contribution in [2.75, 3.05) is 13.2 Å². The molecule has 210 valence electrons. The molecule has 3 aromatic carbocycles. The number of nitrogens with two attached hydrogens (primary N) is 1. The first-order chi connectivity index (χ1) is 19.1. The SMILES string of the molecule is CC(C)(C)[C@H](c1nc(-c2cc(Cl)ccc2F)nn1Cc1ccccc1)N(CC[C@H](N)CF)C(=O)c1ccccc1. The molecule has 40 heavy (non-hydrogen) atoms. The first kappa shape index (κ1) is 29.4. The van der Waals surface area contributed by atoms with Crippen molar-refractivity contribution in [3.8, 4) is 11.4 Å². The molecule has 4 rings (SSSR count). The average Bonchev–Trinajstić information content (AvgIpc) is 3.34. The van der Waals surface area contributed by atoms with Crippen molar-refractivity contribution in [2.45, 2.75) is 45.8 Å². The third kappa shape index (κ3) is 6.92. The Morgan fingerprint density at radius 3 is 2.33 bits per heavy atom. The number of halogens is 3. The van der Waals surface area contributed by atoms with Gasteiger partial charge in [-0.25, -0.2) is 18.4 Å². The number of aromatic nitrogens is 3. The topological polar surface area (TPSA) is 77.0 Å². The normalized spacial score (nSPS) is 13.2. The van der Waals surface area contributed by atoms with Gasteiger partial charge in [0, 0.05) is 23.2 Å². The van der Waals surface area contributed by atoms with Crippen LogP contribution >= 0.6 is 11.6 Å². The largest absolute Gasteiger partial charge is 0.328 e. The summed E-state index contributed by atoms with van der Waals surface area (Å²) in [6.07, 6.45) is 0.254. The molecule has 0 aliphatic heterocycles. The number of hydrogen-bond donors (Lipinski definition) is 1. The van der Waals surface area contributed by atoms with E-state index in [1.165, 1.54) is 18.2 Å². The van der Waals surface area contributed by atoms with Crippen LogP contribution in [0.2, 0.25) is 5.02 Å². The Morgan fingerprint density at radius 2 is 1.70 bits per heavy atom. The number of amides is 1. The van der Waals surface area contributed by atoms with E-state index in [4.69, 9.17) is 27.4 Å². The van der Waals surface area contributed by atoms with Crippen LogP contribution in [0.4, 0.5) is 8.78 Å². The third-order valence-corrected chi connectivity index (χ3v) is 6.88. The number of nitrogens with zero attached hydrogens (tertiary/aromatic N) is 4. The standard InChI is InChI=1S/C31H34ClF2N5O/c1-31(2,3)27(38(17-16-24(35)19-33)30(40)22-12-8-5-9-13-22)29-36-28(25-18-23(32)14-15-26(25)34)37-39(29)20-21-10-6-4-7-11-21/h4-15,18,24,27H,16-17,19-20,35H2,1-3H3/t24-,27-/m0/s1. The first-order valence-electron chi connectivity index (χ1n) is 13.2. The fourth-order valence-corrected chi connectivity index (χ4v) is 4.85. The highest BCUT2D eigenvalue weighted by Crippen LogP contribution is 2.39. The van der Waals surface area contributed by atoms with Crippen molar-refractivity contribution in [1.29, 1.82) is 0 Å². The van der Waals surface area contributed by atoms with Crippen molar-refractivity contribution in [3.05, 3.63) is 107 Å². The zero-order valence-electron chi connectivity index (χ0n) is 22.9. The highest BCUT2D eigenvalue weighted by Gasteiger charge is 2.39. The van der Waals surface area contributed by atoms with E-state index in [-0.39, 0.29) is 30.3 Å². The molecule has 1 aromatic heterocycles. The molecule has 0 unspecified atom stereocenters. The summed E-state index contributed by atoms with van der Waals surface area (Å²) >= 11 is 6.20. The van der Waals surface area contributed by atoms with Gasteiger partial charge in [-0.3, -0.25) is 4.79 Å². The molecular formula is C31H34ClF2N5O. The van der Waals surface area contributed by atoms with Gasteiger partial charge in [0.05, 0.1) is 18.2 Å². The van der Waals surface area contributed by atoms with Gasteiger partial charge in [0.25, 0.3) is 5.91 Å². The van der Waals surface area contributed by atoms with Crippen molar-refractivity contribution >= 4 is 17.5 Å². The van der Waals surface area contributed by atoms with E-state index in [9.17, 15) is 13.6 Å². The Morgan fingerprint density at radius 1 is 1.05 bits per heavy atom. The molecule has 0 bridgehead atoms. The molecule has 0 aliphatic rings.